The fourth-order valence-electron chi connectivity index (χ4n) is 0.663. The molecule has 0 saturated heterocycles. The van der Waals surface area contributed by atoms with Crippen molar-refractivity contribution < 1.29 is 4.39 Å². The molecule has 0 amide bonds. The number of rotatable bonds is 0. The summed E-state index contributed by atoms with van der Waals surface area (Å²) in [6.07, 6.45) is 0. The first-order valence-electron chi connectivity index (χ1n) is 2.83. The lowest BCUT2D eigenvalue weighted by Crippen LogP contribution is -1.95. The van der Waals surface area contributed by atoms with Crippen molar-refractivity contribution in [3.63, 3.8) is 0 Å². The first-order valence-corrected chi connectivity index (χ1v) is 3.91. The Balaban J connectivity index is 3.34. The van der Waals surface area contributed by atoms with Crippen LogP contribution in [0, 0.1) is 16.3 Å². The second-order valence-electron chi connectivity index (χ2n) is 2.09. The van der Waals surface area contributed by atoms with E-state index in [2.05, 4.69) is 0 Å². The van der Waals surface area contributed by atoms with Crippen molar-refractivity contribution in [1.29, 1.82) is 0 Å². The fourth-order valence-corrected chi connectivity index (χ4v) is 1.13. The van der Waals surface area contributed by atoms with Gasteiger partial charge < -0.3 is 5.73 Å². The standard InChI is InChI=1S/C7H7FIN/c1-4-2-3-5(9)6(8)7(4)10/h2-3H,10H2,1H3. The van der Waals surface area contributed by atoms with E-state index in [4.69, 9.17) is 5.73 Å². The van der Waals surface area contributed by atoms with Crippen molar-refractivity contribution in [2.45, 2.75) is 6.92 Å². The van der Waals surface area contributed by atoms with Gasteiger partial charge in [-0.25, -0.2) is 4.39 Å². The molecule has 1 nitrogen and oxygen atoms in total. The first-order chi connectivity index (χ1) is 4.63. The number of halogens is 2. The average molecular weight is 251 g/mol. The fraction of sp³-hybridized carbons (Fsp3) is 0.143. The number of nitrogens with two attached hydrogens (primary N) is 1. The number of hydrogen-bond acceptors (Lipinski definition) is 1. The van der Waals surface area contributed by atoms with E-state index < -0.39 is 0 Å². The predicted molar refractivity (Wildman–Crippen MR) is 48.3 cm³/mol. The van der Waals surface area contributed by atoms with Crippen molar-refractivity contribution in [2.24, 2.45) is 0 Å². The molecule has 0 fully saturated rings. The number of hydrogen-bond donors (Lipinski definition) is 1. The van der Waals surface area contributed by atoms with Crippen LogP contribution in [0.2, 0.25) is 0 Å². The van der Waals surface area contributed by atoms with Crippen LogP contribution in [-0.2, 0) is 0 Å². The Morgan fingerprint density at radius 3 is 2.60 bits per heavy atom. The molecule has 0 spiro atoms. The highest BCUT2D eigenvalue weighted by Crippen LogP contribution is 2.20. The number of aryl methyl sites for hydroxylation is 1. The van der Waals surface area contributed by atoms with Crippen LogP contribution in [0.3, 0.4) is 0 Å². The zero-order valence-electron chi connectivity index (χ0n) is 5.49. The first kappa shape index (κ1) is 7.78. The zero-order chi connectivity index (χ0) is 7.72. The third kappa shape index (κ3) is 1.23. The van der Waals surface area contributed by atoms with Gasteiger partial charge in [0.1, 0.15) is 0 Å². The smallest absolute Gasteiger partial charge is 0.159 e. The van der Waals surface area contributed by atoms with Gasteiger partial charge in [-0.05, 0) is 41.1 Å². The van der Waals surface area contributed by atoms with Gasteiger partial charge in [0, 0.05) is 0 Å². The van der Waals surface area contributed by atoms with Crippen molar-refractivity contribution in [3.8, 4) is 0 Å². The van der Waals surface area contributed by atoms with Crippen LogP contribution in [0.4, 0.5) is 10.1 Å². The van der Waals surface area contributed by atoms with Gasteiger partial charge in [-0.15, -0.1) is 0 Å². The lowest BCUT2D eigenvalue weighted by Gasteiger charge is -2.01. The van der Waals surface area contributed by atoms with Gasteiger partial charge in [0.15, 0.2) is 5.82 Å². The van der Waals surface area contributed by atoms with Gasteiger partial charge in [-0.1, -0.05) is 6.07 Å². The van der Waals surface area contributed by atoms with Gasteiger partial charge in [0.25, 0.3) is 0 Å². The number of nitrogen functional groups attached to an aromatic ring is 1. The normalized spacial score (nSPS) is 9.90. The topological polar surface area (TPSA) is 26.0 Å². The summed E-state index contributed by atoms with van der Waals surface area (Å²) in [7, 11) is 0. The highest BCUT2D eigenvalue weighted by atomic mass is 127. The van der Waals surface area contributed by atoms with Crippen molar-refractivity contribution in [1.82, 2.24) is 0 Å². The van der Waals surface area contributed by atoms with Crippen molar-refractivity contribution in [2.75, 3.05) is 5.73 Å². The van der Waals surface area contributed by atoms with Crippen LogP contribution < -0.4 is 5.73 Å². The van der Waals surface area contributed by atoms with Crippen LogP contribution in [0.15, 0.2) is 12.1 Å². The van der Waals surface area contributed by atoms with E-state index in [9.17, 15) is 4.39 Å². The maximum absolute atomic E-state index is 12.9. The number of benzene rings is 1. The minimum Gasteiger partial charge on any atom is -0.396 e. The molecule has 0 bridgehead atoms. The molecule has 1 aromatic carbocycles. The van der Waals surface area contributed by atoms with E-state index in [1.54, 1.807) is 19.1 Å². The summed E-state index contributed by atoms with van der Waals surface area (Å²) in [6.45, 7) is 1.79. The molecule has 0 aliphatic heterocycles. The molecule has 54 valence electrons. The molecule has 0 heterocycles. The van der Waals surface area contributed by atoms with Crippen LogP contribution in [0.1, 0.15) is 5.56 Å². The van der Waals surface area contributed by atoms with Crippen molar-refractivity contribution >= 4 is 28.3 Å². The molecule has 0 aromatic heterocycles. The van der Waals surface area contributed by atoms with E-state index in [0.717, 1.165) is 5.56 Å². The molecule has 0 radical (unpaired) electrons. The highest BCUT2D eigenvalue weighted by Gasteiger charge is 2.03. The van der Waals surface area contributed by atoms with Crippen LogP contribution >= 0.6 is 22.6 Å². The Labute approximate surface area is 72.6 Å². The largest absolute Gasteiger partial charge is 0.396 e. The summed E-state index contributed by atoms with van der Waals surface area (Å²) in [5, 5.41) is 0. The molecule has 1 rings (SSSR count). The Morgan fingerprint density at radius 1 is 1.50 bits per heavy atom. The van der Waals surface area contributed by atoms with Gasteiger partial charge in [0.05, 0.1) is 9.26 Å². The molecule has 10 heavy (non-hydrogen) atoms. The Hall–Kier alpha value is -0.320. The van der Waals surface area contributed by atoms with E-state index in [1.165, 1.54) is 0 Å². The Kier molecular flexibility index (Phi) is 2.13. The maximum atomic E-state index is 12.9. The molecule has 0 aliphatic carbocycles. The second kappa shape index (κ2) is 2.74. The minimum atomic E-state index is -0.305. The number of anilines is 1. The van der Waals surface area contributed by atoms with E-state index in [0.29, 0.717) is 3.57 Å². The molecule has 0 unspecified atom stereocenters. The lowest BCUT2D eigenvalue weighted by atomic mass is 10.2. The molecular formula is C7H7FIN. The maximum Gasteiger partial charge on any atom is 0.159 e. The van der Waals surface area contributed by atoms with Gasteiger partial charge in [-0.2, -0.15) is 0 Å². The summed E-state index contributed by atoms with van der Waals surface area (Å²) in [5.41, 5.74) is 6.45. The molecule has 0 aliphatic rings. The average Bonchev–Trinajstić information content (AvgIpc) is 1.93. The highest BCUT2D eigenvalue weighted by molar-refractivity contribution is 14.1. The minimum absolute atomic E-state index is 0.256. The lowest BCUT2D eigenvalue weighted by molar-refractivity contribution is 0.624. The summed E-state index contributed by atoms with van der Waals surface area (Å²) in [5.74, 6) is -0.305. The van der Waals surface area contributed by atoms with Gasteiger partial charge in [-0.3, -0.25) is 0 Å². The Morgan fingerprint density at radius 2 is 2.10 bits per heavy atom. The predicted octanol–water partition coefficient (Wildman–Crippen LogP) is 2.32. The second-order valence-corrected chi connectivity index (χ2v) is 3.25. The van der Waals surface area contributed by atoms with Crippen LogP contribution in [0.25, 0.3) is 0 Å². The van der Waals surface area contributed by atoms with Gasteiger partial charge >= 0.3 is 0 Å². The molecule has 0 saturated carbocycles. The van der Waals surface area contributed by atoms with Crippen LogP contribution in [0.5, 0.6) is 0 Å². The van der Waals surface area contributed by atoms with Crippen molar-refractivity contribution in [3.05, 3.63) is 27.1 Å². The summed E-state index contributed by atoms with van der Waals surface area (Å²) in [4.78, 5) is 0. The van der Waals surface area contributed by atoms with E-state index >= 15 is 0 Å². The van der Waals surface area contributed by atoms with E-state index in [-0.39, 0.29) is 11.5 Å². The quantitative estimate of drug-likeness (QED) is 0.555. The Bertz CT molecular complexity index is 233. The monoisotopic (exact) mass is 251 g/mol. The third-order valence-corrected chi connectivity index (χ3v) is 2.18. The molecular weight excluding hydrogens is 244 g/mol. The third-order valence-electron chi connectivity index (χ3n) is 1.35. The zero-order valence-corrected chi connectivity index (χ0v) is 7.65. The molecule has 2 N–H and O–H groups in total. The van der Waals surface area contributed by atoms with Crippen LogP contribution in [-0.4, -0.2) is 0 Å². The summed E-state index contributed by atoms with van der Waals surface area (Å²) >= 11 is 1.91. The summed E-state index contributed by atoms with van der Waals surface area (Å²) in [6, 6.07) is 3.52. The summed E-state index contributed by atoms with van der Waals surface area (Å²) < 4.78 is 13.4. The van der Waals surface area contributed by atoms with E-state index in [1.807, 2.05) is 22.6 Å². The molecule has 3 heteroatoms. The van der Waals surface area contributed by atoms with Gasteiger partial charge in [0.2, 0.25) is 0 Å². The SMILES string of the molecule is Cc1ccc(I)c(F)c1N. The molecule has 0 atom stereocenters. The molecule has 1 aromatic rings.